The van der Waals surface area contributed by atoms with Crippen LogP contribution in [0, 0.1) is 0 Å². The Morgan fingerprint density at radius 1 is 1.38 bits per heavy atom. The highest BCUT2D eigenvalue weighted by Crippen LogP contribution is 2.09. The molecule has 1 aliphatic heterocycles. The lowest BCUT2D eigenvalue weighted by Crippen LogP contribution is -2.42. The summed E-state index contributed by atoms with van der Waals surface area (Å²) in [5.41, 5.74) is 1.25. The molecule has 0 amide bonds. The number of ether oxygens (including phenoxy) is 1. The van der Waals surface area contributed by atoms with Crippen molar-refractivity contribution in [2.24, 2.45) is 0 Å². The van der Waals surface area contributed by atoms with Gasteiger partial charge in [-0.1, -0.05) is 6.07 Å². The second-order valence-electron chi connectivity index (χ2n) is 3.73. The smallest absolute Gasteiger partial charge is 0.212 e. The van der Waals surface area contributed by atoms with Crippen LogP contribution in [0.2, 0.25) is 0 Å². The van der Waals surface area contributed by atoms with Gasteiger partial charge in [0.05, 0.1) is 7.11 Å². The molecule has 2 rings (SSSR count). The first-order chi connectivity index (χ1) is 7.38. The number of rotatable bonds is 3. The molecule has 1 aromatic heterocycles. The van der Waals surface area contributed by atoms with E-state index in [1.807, 2.05) is 12.3 Å². The van der Waals surface area contributed by atoms with Crippen LogP contribution in [0.25, 0.3) is 0 Å². The summed E-state index contributed by atoms with van der Waals surface area (Å²) in [5.74, 6) is 0.680. The van der Waals surface area contributed by atoms with Crippen LogP contribution in [0.1, 0.15) is 5.56 Å². The lowest BCUT2D eigenvalue weighted by atomic mass is 10.2. The fourth-order valence-corrected chi connectivity index (χ4v) is 1.75. The third kappa shape index (κ3) is 3.63. The molecular weight excluding hydrogens is 226 g/mol. The van der Waals surface area contributed by atoms with E-state index in [1.165, 1.54) is 5.56 Å². The number of methoxy groups -OCH3 is 1. The van der Waals surface area contributed by atoms with Gasteiger partial charge < -0.3 is 10.1 Å². The molecule has 0 saturated carbocycles. The molecule has 0 radical (unpaired) electrons. The molecule has 4 nitrogen and oxygen atoms in total. The molecule has 16 heavy (non-hydrogen) atoms. The van der Waals surface area contributed by atoms with Gasteiger partial charge in [-0.3, -0.25) is 4.90 Å². The quantitative estimate of drug-likeness (QED) is 0.857. The lowest BCUT2D eigenvalue weighted by Gasteiger charge is -2.26. The topological polar surface area (TPSA) is 37.4 Å². The molecule has 1 fully saturated rings. The van der Waals surface area contributed by atoms with Gasteiger partial charge in [-0.2, -0.15) is 0 Å². The Labute approximate surface area is 102 Å². The molecule has 0 aromatic carbocycles. The monoisotopic (exact) mass is 243 g/mol. The van der Waals surface area contributed by atoms with Gasteiger partial charge in [0, 0.05) is 45.0 Å². The number of hydrogen-bond acceptors (Lipinski definition) is 4. The first-order valence-corrected chi connectivity index (χ1v) is 5.30. The van der Waals surface area contributed by atoms with Gasteiger partial charge in [0.25, 0.3) is 0 Å². The number of nitrogens with zero attached hydrogens (tertiary/aromatic N) is 2. The van der Waals surface area contributed by atoms with E-state index in [2.05, 4.69) is 21.3 Å². The van der Waals surface area contributed by atoms with E-state index in [9.17, 15) is 0 Å². The fraction of sp³-hybridized carbons (Fsp3) is 0.545. The number of halogens is 1. The van der Waals surface area contributed by atoms with Crippen LogP contribution >= 0.6 is 12.4 Å². The molecule has 2 heterocycles. The van der Waals surface area contributed by atoms with Crippen molar-refractivity contribution in [3.8, 4) is 5.88 Å². The van der Waals surface area contributed by atoms with Crippen molar-refractivity contribution < 1.29 is 4.74 Å². The number of hydrogen-bond donors (Lipinski definition) is 1. The van der Waals surface area contributed by atoms with Crippen LogP contribution in [-0.2, 0) is 6.54 Å². The first kappa shape index (κ1) is 13.2. The maximum Gasteiger partial charge on any atom is 0.212 e. The van der Waals surface area contributed by atoms with Crippen molar-refractivity contribution in [1.29, 1.82) is 0 Å². The Hall–Kier alpha value is -0.840. The van der Waals surface area contributed by atoms with E-state index in [4.69, 9.17) is 4.74 Å². The molecule has 0 aliphatic carbocycles. The second-order valence-corrected chi connectivity index (χ2v) is 3.73. The van der Waals surface area contributed by atoms with Crippen molar-refractivity contribution in [2.45, 2.75) is 6.54 Å². The Balaban J connectivity index is 0.00000128. The highest BCUT2D eigenvalue weighted by molar-refractivity contribution is 5.85. The van der Waals surface area contributed by atoms with Crippen molar-refractivity contribution in [3.63, 3.8) is 0 Å². The molecule has 5 heteroatoms. The molecule has 0 unspecified atom stereocenters. The number of pyridine rings is 1. The maximum absolute atomic E-state index is 5.02. The maximum atomic E-state index is 5.02. The molecule has 0 bridgehead atoms. The average Bonchev–Trinajstić information content (AvgIpc) is 2.31. The van der Waals surface area contributed by atoms with E-state index in [0.29, 0.717) is 5.88 Å². The molecule has 90 valence electrons. The van der Waals surface area contributed by atoms with Crippen molar-refractivity contribution >= 4 is 12.4 Å². The molecule has 1 saturated heterocycles. The largest absolute Gasteiger partial charge is 0.481 e. The zero-order chi connectivity index (χ0) is 10.5. The minimum Gasteiger partial charge on any atom is -0.481 e. The molecule has 0 spiro atoms. The van der Waals surface area contributed by atoms with Crippen LogP contribution in [0.5, 0.6) is 5.88 Å². The molecule has 1 aromatic rings. The van der Waals surface area contributed by atoms with Gasteiger partial charge in [0.15, 0.2) is 0 Å². The predicted octanol–water partition coefficient (Wildman–Crippen LogP) is 0.917. The summed E-state index contributed by atoms with van der Waals surface area (Å²) in [6.07, 6.45) is 1.89. The highest BCUT2D eigenvalue weighted by Gasteiger charge is 2.09. The van der Waals surface area contributed by atoms with E-state index < -0.39 is 0 Å². The van der Waals surface area contributed by atoms with Gasteiger partial charge in [-0.15, -0.1) is 12.4 Å². The summed E-state index contributed by atoms with van der Waals surface area (Å²) >= 11 is 0. The van der Waals surface area contributed by atoms with Crippen LogP contribution in [0.4, 0.5) is 0 Å². The van der Waals surface area contributed by atoms with Crippen LogP contribution in [-0.4, -0.2) is 43.2 Å². The molecule has 0 atom stereocenters. The van der Waals surface area contributed by atoms with Gasteiger partial charge in [-0.05, 0) is 5.56 Å². The second kappa shape index (κ2) is 6.68. The zero-order valence-corrected chi connectivity index (χ0v) is 10.3. The lowest BCUT2D eigenvalue weighted by molar-refractivity contribution is 0.233. The summed E-state index contributed by atoms with van der Waals surface area (Å²) in [6, 6.07) is 3.99. The average molecular weight is 244 g/mol. The van der Waals surface area contributed by atoms with Crippen molar-refractivity contribution in [1.82, 2.24) is 15.2 Å². The van der Waals surface area contributed by atoms with Gasteiger partial charge in [0.2, 0.25) is 5.88 Å². The van der Waals surface area contributed by atoms with Gasteiger partial charge >= 0.3 is 0 Å². The van der Waals surface area contributed by atoms with Crippen molar-refractivity contribution in [2.75, 3.05) is 33.3 Å². The standard InChI is InChI=1S/C11H17N3O.ClH/c1-15-11-3-2-10(8-13-11)9-14-6-4-12-5-7-14;/h2-3,8,12H,4-7,9H2,1H3;1H. The van der Waals surface area contributed by atoms with Gasteiger partial charge in [-0.25, -0.2) is 4.98 Å². The van der Waals surface area contributed by atoms with Gasteiger partial charge in [0.1, 0.15) is 0 Å². The summed E-state index contributed by atoms with van der Waals surface area (Å²) < 4.78 is 5.02. The number of nitrogens with one attached hydrogen (secondary N) is 1. The fourth-order valence-electron chi connectivity index (χ4n) is 1.75. The third-order valence-electron chi connectivity index (χ3n) is 2.62. The van der Waals surface area contributed by atoms with Crippen LogP contribution < -0.4 is 10.1 Å². The van der Waals surface area contributed by atoms with E-state index >= 15 is 0 Å². The van der Waals surface area contributed by atoms with Crippen molar-refractivity contribution in [3.05, 3.63) is 23.9 Å². The summed E-state index contributed by atoms with van der Waals surface area (Å²) in [5, 5.41) is 3.34. The first-order valence-electron chi connectivity index (χ1n) is 5.30. The molecule has 1 aliphatic rings. The normalized spacial score (nSPS) is 16.6. The van der Waals surface area contributed by atoms with E-state index in [0.717, 1.165) is 32.7 Å². The third-order valence-corrected chi connectivity index (χ3v) is 2.62. The Morgan fingerprint density at radius 2 is 2.12 bits per heavy atom. The zero-order valence-electron chi connectivity index (χ0n) is 9.48. The Kier molecular flexibility index (Phi) is 5.52. The summed E-state index contributed by atoms with van der Waals surface area (Å²) in [4.78, 5) is 6.63. The Bertz CT molecular complexity index is 299. The Morgan fingerprint density at radius 3 is 2.69 bits per heavy atom. The molecule has 1 N–H and O–H groups in total. The van der Waals surface area contributed by atoms with E-state index in [-0.39, 0.29) is 12.4 Å². The molecular formula is C11H18ClN3O. The SMILES string of the molecule is COc1ccc(CN2CCNCC2)cn1.Cl. The summed E-state index contributed by atoms with van der Waals surface area (Å²) in [7, 11) is 1.64. The summed E-state index contributed by atoms with van der Waals surface area (Å²) in [6.45, 7) is 5.39. The van der Waals surface area contributed by atoms with Crippen LogP contribution in [0.15, 0.2) is 18.3 Å². The number of aromatic nitrogens is 1. The van der Waals surface area contributed by atoms with Crippen LogP contribution in [0.3, 0.4) is 0 Å². The highest BCUT2D eigenvalue weighted by atomic mass is 35.5. The van der Waals surface area contributed by atoms with E-state index in [1.54, 1.807) is 7.11 Å². The minimum atomic E-state index is 0. The predicted molar refractivity (Wildman–Crippen MR) is 66.2 cm³/mol. The number of piperazine rings is 1. The minimum absolute atomic E-state index is 0.